The maximum absolute atomic E-state index is 11.9. The van der Waals surface area contributed by atoms with Crippen molar-refractivity contribution in [2.24, 2.45) is 20.5 Å². The molecular formula is C30H39N7O11S2. The maximum atomic E-state index is 11.9. The number of rotatable bonds is 14. The van der Waals surface area contributed by atoms with Crippen LogP contribution in [0.2, 0.25) is 0 Å². The molecule has 0 saturated carbocycles. The molecular weight excluding hydrogens is 699 g/mol. The number of aromatic hydroxyl groups is 1. The Labute approximate surface area is 288 Å². The normalized spacial score (nSPS) is 11.7. The minimum absolute atomic E-state index is 0.139. The van der Waals surface area contributed by atoms with Crippen molar-refractivity contribution in [2.75, 3.05) is 58.3 Å². The number of phenols is 1. The summed E-state index contributed by atoms with van der Waals surface area (Å²) in [4.78, 5) is -0.901. The van der Waals surface area contributed by atoms with E-state index >= 15 is 0 Å². The lowest BCUT2D eigenvalue weighted by molar-refractivity contribution is 0.266. The number of azo groups is 2. The molecule has 4 aromatic rings. The highest BCUT2D eigenvalue weighted by Gasteiger charge is 2.22. The van der Waals surface area contributed by atoms with E-state index in [0.717, 1.165) is 6.07 Å². The number of nitrogens with zero attached hydrogens (tertiary/aromatic N) is 4. The zero-order valence-electron chi connectivity index (χ0n) is 26.5. The van der Waals surface area contributed by atoms with Gasteiger partial charge in [0, 0.05) is 37.3 Å². The molecule has 11 N–H and O–H groups in total. The van der Waals surface area contributed by atoms with Crippen LogP contribution in [0.15, 0.2) is 103 Å². The second-order valence-corrected chi connectivity index (χ2v) is 12.6. The highest BCUT2D eigenvalue weighted by atomic mass is 32.2. The second-order valence-electron chi connectivity index (χ2n) is 9.81. The lowest BCUT2D eigenvalue weighted by atomic mass is 10.1. The summed E-state index contributed by atoms with van der Waals surface area (Å²) >= 11 is 0. The van der Waals surface area contributed by atoms with E-state index in [9.17, 15) is 26.5 Å². The van der Waals surface area contributed by atoms with E-state index in [2.05, 4.69) is 31.1 Å². The van der Waals surface area contributed by atoms with E-state index in [1.54, 1.807) is 0 Å². The molecule has 50 heavy (non-hydrogen) atoms. The van der Waals surface area contributed by atoms with Gasteiger partial charge in [0.25, 0.3) is 20.2 Å². The second kappa shape index (κ2) is 20.9. The largest absolute Gasteiger partial charge is 0.505 e. The summed E-state index contributed by atoms with van der Waals surface area (Å²) in [5.41, 5.74) is 6.65. The predicted octanol–water partition coefficient (Wildman–Crippen LogP) is 2.57. The Kier molecular flexibility index (Phi) is 17.4. The first-order valence-electron chi connectivity index (χ1n) is 14.6. The topological polar surface area (TPSA) is 309 Å². The molecule has 0 aliphatic rings. The molecule has 4 rings (SSSR count). The number of fused-ring (bicyclic) bond motifs is 1. The quantitative estimate of drug-likeness (QED) is 0.0385. The van der Waals surface area contributed by atoms with Crippen LogP contribution >= 0.6 is 0 Å². The lowest BCUT2D eigenvalue weighted by Crippen LogP contribution is -2.21. The van der Waals surface area contributed by atoms with Crippen LogP contribution in [0.25, 0.3) is 10.8 Å². The van der Waals surface area contributed by atoms with Gasteiger partial charge in [-0.25, -0.2) is 0 Å². The first kappa shape index (κ1) is 41.7. The third kappa shape index (κ3) is 14.2. The van der Waals surface area contributed by atoms with Crippen molar-refractivity contribution in [1.29, 1.82) is 0 Å². The van der Waals surface area contributed by atoms with Crippen molar-refractivity contribution in [2.45, 2.75) is 9.79 Å². The van der Waals surface area contributed by atoms with Gasteiger partial charge in [0.15, 0.2) is 5.75 Å². The molecule has 272 valence electrons. The standard InChI is InChI=1S/C22H17N5O7S2.2C4H11NO2/c23-14-1-10-19-13(11-14)12-20(36(32,33)34)21(22(19)28)27-26-16-4-2-15(3-5-16)24-25-17-6-8-18(9-7-17)35(29,30)31;2*6-3-1-5-2-4-7/h1-12,28H,23H2,(H,29,30,31)(H,32,33,34);2*5-7H,1-4H2. The molecule has 0 bridgehead atoms. The molecule has 0 atom stereocenters. The first-order valence-corrected chi connectivity index (χ1v) is 17.5. The number of aliphatic hydroxyl groups excluding tert-OH is 4. The fraction of sp³-hybridized carbons (Fsp3) is 0.267. The molecule has 0 heterocycles. The Morgan fingerprint density at radius 1 is 0.580 bits per heavy atom. The van der Waals surface area contributed by atoms with Crippen LogP contribution < -0.4 is 16.4 Å². The summed E-state index contributed by atoms with van der Waals surface area (Å²) in [5, 5.41) is 65.1. The van der Waals surface area contributed by atoms with Gasteiger partial charge in [-0.1, -0.05) is 0 Å². The number of hydrogen-bond donors (Lipinski definition) is 10. The first-order chi connectivity index (χ1) is 23.7. The summed E-state index contributed by atoms with van der Waals surface area (Å²) in [7, 11) is -9.05. The molecule has 0 amide bonds. The Bertz CT molecular complexity index is 1910. The van der Waals surface area contributed by atoms with E-state index < -0.39 is 36.6 Å². The molecule has 0 fully saturated rings. The summed E-state index contributed by atoms with van der Waals surface area (Å²) in [6, 6.07) is 16.8. The fourth-order valence-corrected chi connectivity index (χ4v) is 4.86. The van der Waals surface area contributed by atoms with Crippen LogP contribution in [0.1, 0.15) is 0 Å². The van der Waals surface area contributed by atoms with E-state index in [0.29, 0.717) is 48.6 Å². The van der Waals surface area contributed by atoms with Crippen LogP contribution in [0.4, 0.5) is 28.4 Å². The average Bonchev–Trinajstić information content (AvgIpc) is 3.08. The van der Waals surface area contributed by atoms with Gasteiger partial charge in [-0.2, -0.15) is 32.2 Å². The average molecular weight is 738 g/mol. The molecule has 0 radical (unpaired) electrons. The zero-order chi connectivity index (χ0) is 37.2. The summed E-state index contributed by atoms with van der Waals surface area (Å²) in [5.74, 6) is -0.491. The Morgan fingerprint density at radius 3 is 1.40 bits per heavy atom. The van der Waals surface area contributed by atoms with Gasteiger partial charge in [-0.05, 0) is 78.2 Å². The molecule has 0 spiro atoms. The number of hydrogen-bond acceptors (Lipinski definition) is 16. The number of nitrogens with two attached hydrogens (primary N) is 1. The van der Waals surface area contributed by atoms with Gasteiger partial charge in [0.1, 0.15) is 10.6 Å². The van der Waals surface area contributed by atoms with Gasteiger partial charge in [-0.3, -0.25) is 9.11 Å². The Morgan fingerprint density at radius 2 is 1.00 bits per heavy atom. The molecule has 20 heteroatoms. The van der Waals surface area contributed by atoms with Crippen molar-refractivity contribution < 1.29 is 51.5 Å². The van der Waals surface area contributed by atoms with Gasteiger partial charge in [0.2, 0.25) is 0 Å². The molecule has 0 saturated heterocycles. The van der Waals surface area contributed by atoms with Crippen LogP contribution in [-0.4, -0.2) is 104 Å². The van der Waals surface area contributed by atoms with Crippen molar-refractivity contribution >= 4 is 59.4 Å². The van der Waals surface area contributed by atoms with E-state index in [-0.39, 0.29) is 42.4 Å². The number of anilines is 1. The minimum atomic E-state index is -4.75. The zero-order valence-corrected chi connectivity index (χ0v) is 28.2. The summed E-state index contributed by atoms with van der Waals surface area (Å²) in [6.07, 6.45) is 0. The number of nitrogen functional groups attached to an aromatic ring is 1. The monoisotopic (exact) mass is 737 g/mol. The maximum Gasteiger partial charge on any atom is 0.296 e. The fourth-order valence-electron chi connectivity index (χ4n) is 3.72. The van der Waals surface area contributed by atoms with E-state index in [4.69, 9.17) is 30.7 Å². The van der Waals surface area contributed by atoms with Crippen LogP contribution in [0, 0.1) is 0 Å². The molecule has 0 aliphatic carbocycles. The lowest BCUT2D eigenvalue weighted by Gasteiger charge is -2.09. The van der Waals surface area contributed by atoms with Crippen LogP contribution in [0.3, 0.4) is 0 Å². The van der Waals surface area contributed by atoms with E-state index in [1.165, 1.54) is 66.7 Å². The Hall–Kier alpha value is -4.48. The molecule has 0 aliphatic heterocycles. The van der Waals surface area contributed by atoms with Crippen molar-refractivity contribution in [1.82, 2.24) is 10.6 Å². The van der Waals surface area contributed by atoms with Gasteiger partial charge in [-0.15, -0.1) is 5.11 Å². The SMILES string of the molecule is Nc1ccc2c(O)c(N=Nc3ccc(N=Nc4ccc(S(=O)(=O)O)cc4)cc3)c(S(=O)(=O)O)cc2c1.OCCNCCO.OCCNCCO. The molecule has 0 aromatic heterocycles. The summed E-state index contributed by atoms with van der Waals surface area (Å²) < 4.78 is 64.6. The van der Waals surface area contributed by atoms with Crippen molar-refractivity contribution in [3.63, 3.8) is 0 Å². The summed E-state index contributed by atoms with van der Waals surface area (Å²) in [6.45, 7) is 2.84. The van der Waals surface area contributed by atoms with Gasteiger partial charge >= 0.3 is 0 Å². The number of nitrogens with one attached hydrogen (secondary N) is 2. The Balaban J connectivity index is 0.000000521. The minimum Gasteiger partial charge on any atom is -0.505 e. The van der Waals surface area contributed by atoms with E-state index in [1.807, 2.05) is 0 Å². The van der Waals surface area contributed by atoms with Crippen LogP contribution in [-0.2, 0) is 20.2 Å². The smallest absolute Gasteiger partial charge is 0.296 e. The number of benzene rings is 4. The molecule has 4 aromatic carbocycles. The number of aliphatic hydroxyl groups is 4. The molecule has 0 unspecified atom stereocenters. The number of phenolic OH excluding ortho intramolecular Hbond substituents is 1. The van der Waals surface area contributed by atoms with Crippen molar-refractivity contribution in [3.8, 4) is 5.75 Å². The highest BCUT2D eigenvalue weighted by Crippen LogP contribution is 2.41. The predicted molar refractivity (Wildman–Crippen MR) is 185 cm³/mol. The highest BCUT2D eigenvalue weighted by molar-refractivity contribution is 7.86. The van der Waals surface area contributed by atoms with Gasteiger partial charge in [0.05, 0.1) is 48.4 Å². The van der Waals surface area contributed by atoms with Crippen LogP contribution in [0.5, 0.6) is 5.75 Å². The third-order valence-electron chi connectivity index (χ3n) is 6.04. The third-order valence-corrected chi connectivity index (χ3v) is 7.77. The van der Waals surface area contributed by atoms with Gasteiger partial charge < -0.3 is 41.9 Å². The molecule has 18 nitrogen and oxygen atoms in total. The van der Waals surface area contributed by atoms with Crippen molar-refractivity contribution in [3.05, 3.63) is 72.8 Å².